The zero-order valence-electron chi connectivity index (χ0n) is 11.7. The lowest BCUT2D eigenvalue weighted by Gasteiger charge is -2.18. The maximum absolute atomic E-state index is 12.1. The second-order valence-electron chi connectivity index (χ2n) is 4.80. The summed E-state index contributed by atoms with van der Waals surface area (Å²) in [7, 11) is 0. The summed E-state index contributed by atoms with van der Waals surface area (Å²) in [4.78, 5) is 12.1. The molecular weight excluding hydrogens is 284 g/mol. The average Bonchev–Trinajstić information content (AvgIpc) is 2.52. The molecule has 0 saturated heterocycles. The molecule has 0 fully saturated rings. The van der Waals surface area contributed by atoms with E-state index in [2.05, 4.69) is 0 Å². The Kier molecular flexibility index (Phi) is 3.70. The number of carbonyl (C=O) groups excluding carboxylic acids is 1. The molecule has 22 heavy (non-hydrogen) atoms. The molecule has 112 valence electrons. The number of aromatic hydroxyl groups is 2. The summed E-state index contributed by atoms with van der Waals surface area (Å²) >= 11 is 0. The molecule has 2 N–H and O–H groups in total. The van der Waals surface area contributed by atoms with Crippen molar-refractivity contribution in [1.29, 1.82) is 0 Å². The van der Waals surface area contributed by atoms with Crippen LogP contribution in [0.15, 0.2) is 42.5 Å². The van der Waals surface area contributed by atoms with Gasteiger partial charge >= 0.3 is 0 Å². The van der Waals surface area contributed by atoms with Crippen molar-refractivity contribution in [1.82, 2.24) is 0 Å². The third kappa shape index (κ3) is 2.88. The third-order valence-corrected chi connectivity index (χ3v) is 3.24. The molecule has 0 aromatic heterocycles. The van der Waals surface area contributed by atoms with E-state index in [-0.39, 0.29) is 22.8 Å². The number of allylic oxidation sites excluding steroid dienone is 1. The van der Waals surface area contributed by atoms with Gasteiger partial charge in [-0.2, -0.15) is 0 Å². The number of carbonyl (C=O) groups is 1. The van der Waals surface area contributed by atoms with Gasteiger partial charge < -0.3 is 19.7 Å². The molecule has 0 amide bonds. The van der Waals surface area contributed by atoms with Crippen LogP contribution in [0.2, 0.25) is 0 Å². The number of benzene rings is 2. The molecule has 0 aliphatic carbocycles. The van der Waals surface area contributed by atoms with Crippen LogP contribution in [-0.2, 0) is 0 Å². The quantitative estimate of drug-likeness (QED) is 0.673. The number of phenolic OH excluding ortho intramolecular Hbond substituents is 2. The molecule has 3 rings (SSSR count). The molecule has 5 nitrogen and oxygen atoms in total. The Morgan fingerprint density at radius 3 is 2.55 bits per heavy atom. The Morgan fingerprint density at radius 1 is 1.00 bits per heavy atom. The van der Waals surface area contributed by atoms with Gasteiger partial charge in [-0.1, -0.05) is 12.1 Å². The van der Waals surface area contributed by atoms with E-state index in [1.807, 2.05) is 6.07 Å². The van der Waals surface area contributed by atoms with Gasteiger partial charge in [-0.3, -0.25) is 4.79 Å². The predicted molar refractivity (Wildman–Crippen MR) is 80.6 cm³/mol. The van der Waals surface area contributed by atoms with Gasteiger partial charge in [0.25, 0.3) is 0 Å². The molecule has 0 saturated carbocycles. The first-order valence-corrected chi connectivity index (χ1v) is 6.77. The van der Waals surface area contributed by atoms with Crippen LogP contribution in [0, 0.1) is 0 Å². The highest BCUT2D eigenvalue weighted by Crippen LogP contribution is 2.31. The van der Waals surface area contributed by atoms with Crippen molar-refractivity contribution in [3.63, 3.8) is 0 Å². The summed E-state index contributed by atoms with van der Waals surface area (Å²) in [5.74, 6) is 0.633. The number of rotatable bonds is 3. The van der Waals surface area contributed by atoms with Gasteiger partial charge in [-0.05, 0) is 35.9 Å². The topological polar surface area (TPSA) is 76.0 Å². The maximum atomic E-state index is 12.1. The van der Waals surface area contributed by atoms with Gasteiger partial charge in [-0.25, -0.2) is 0 Å². The highest BCUT2D eigenvalue weighted by atomic mass is 16.6. The highest BCUT2D eigenvalue weighted by Gasteiger charge is 2.12. The van der Waals surface area contributed by atoms with Crippen molar-refractivity contribution in [2.24, 2.45) is 0 Å². The Morgan fingerprint density at radius 2 is 1.77 bits per heavy atom. The molecule has 0 bridgehead atoms. The second kappa shape index (κ2) is 5.81. The van der Waals surface area contributed by atoms with Gasteiger partial charge in [0.1, 0.15) is 24.7 Å². The van der Waals surface area contributed by atoms with E-state index in [4.69, 9.17) is 9.47 Å². The fourth-order valence-corrected chi connectivity index (χ4v) is 2.15. The SMILES string of the molecule is O=C(C=Cc1ccc2c(c1)OCCO2)c1ccc(O)cc1O. The lowest BCUT2D eigenvalue weighted by molar-refractivity contribution is 0.104. The van der Waals surface area contributed by atoms with Crippen LogP contribution in [0.3, 0.4) is 0 Å². The number of ether oxygens (including phenoxy) is 2. The summed E-state index contributed by atoms with van der Waals surface area (Å²) in [6.07, 6.45) is 2.99. The van der Waals surface area contributed by atoms with Crippen LogP contribution in [0.4, 0.5) is 0 Å². The molecule has 0 spiro atoms. The molecule has 2 aromatic carbocycles. The van der Waals surface area contributed by atoms with Crippen LogP contribution in [0.5, 0.6) is 23.0 Å². The summed E-state index contributed by atoms with van der Waals surface area (Å²) in [6.45, 7) is 1.03. The van der Waals surface area contributed by atoms with Crippen LogP contribution in [-0.4, -0.2) is 29.2 Å². The number of hydrogen-bond acceptors (Lipinski definition) is 5. The van der Waals surface area contributed by atoms with E-state index in [1.54, 1.807) is 18.2 Å². The van der Waals surface area contributed by atoms with Crippen molar-refractivity contribution in [2.45, 2.75) is 0 Å². The van der Waals surface area contributed by atoms with Crippen molar-refractivity contribution in [3.05, 3.63) is 53.6 Å². The largest absolute Gasteiger partial charge is 0.508 e. The normalized spacial score (nSPS) is 13.3. The first-order chi connectivity index (χ1) is 10.6. The summed E-state index contributed by atoms with van der Waals surface area (Å²) < 4.78 is 10.9. The van der Waals surface area contributed by atoms with Crippen molar-refractivity contribution in [2.75, 3.05) is 13.2 Å². The monoisotopic (exact) mass is 298 g/mol. The fourth-order valence-electron chi connectivity index (χ4n) is 2.15. The lowest BCUT2D eigenvalue weighted by atomic mass is 10.1. The van der Waals surface area contributed by atoms with Crippen LogP contribution < -0.4 is 9.47 Å². The minimum atomic E-state index is -0.354. The Bertz CT molecular complexity index is 749. The van der Waals surface area contributed by atoms with E-state index in [1.165, 1.54) is 18.2 Å². The van der Waals surface area contributed by atoms with Crippen molar-refractivity contribution >= 4 is 11.9 Å². The average molecular weight is 298 g/mol. The van der Waals surface area contributed by atoms with Crippen LogP contribution >= 0.6 is 0 Å². The highest BCUT2D eigenvalue weighted by molar-refractivity contribution is 6.08. The van der Waals surface area contributed by atoms with E-state index in [0.29, 0.717) is 24.7 Å². The first kappa shape index (κ1) is 14.0. The molecule has 1 heterocycles. The fraction of sp³-hybridized carbons (Fsp3) is 0.118. The summed E-state index contributed by atoms with van der Waals surface area (Å²) in [6, 6.07) is 9.25. The lowest BCUT2D eigenvalue weighted by Crippen LogP contribution is -2.15. The standard InChI is InChI=1S/C17H14O5/c18-12-3-4-13(15(20)10-12)14(19)5-1-11-2-6-16-17(9-11)22-8-7-21-16/h1-6,9-10,18,20H,7-8H2. The molecule has 5 heteroatoms. The summed E-state index contributed by atoms with van der Waals surface area (Å²) in [5.41, 5.74) is 0.919. The maximum Gasteiger partial charge on any atom is 0.189 e. The van der Waals surface area contributed by atoms with E-state index < -0.39 is 0 Å². The Labute approximate surface area is 127 Å². The molecule has 0 unspecified atom stereocenters. The van der Waals surface area contributed by atoms with Gasteiger partial charge in [0.05, 0.1) is 5.56 Å². The van der Waals surface area contributed by atoms with Crippen molar-refractivity contribution < 1.29 is 24.5 Å². The molecule has 1 aliphatic heterocycles. The number of ketones is 1. The zero-order valence-corrected chi connectivity index (χ0v) is 11.7. The number of phenols is 2. The van der Waals surface area contributed by atoms with Crippen molar-refractivity contribution in [3.8, 4) is 23.0 Å². The first-order valence-electron chi connectivity index (χ1n) is 6.77. The smallest absolute Gasteiger partial charge is 0.189 e. The third-order valence-electron chi connectivity index (χ3n) is 3.24. The van der Waals surface area contributed by atoms with Gasteiger partial charge in [0.15, 0.2) is 17.3 Å². The molecule has 2 aromatic rings. The molecular formula is C17H14O5. The van der Waals surface area contributed by atoms with Gasteiger partial charge in [0, 0.05) is 6.07 Å². The molecule has 0 radical (unpaired) electrons. The minimum absolute atomic E-state index is 0.0927. The Balaban J connectivity index is 1.80. The van der Waals surface area contributed by atoms with Crippen LogP contribution in [0.25, 0.3) is 6.08 Å². The molecule has 1 aliphatic rings. The van der Waals surface area contributed by atoms with Gasteiger partial charge in [-0.15, -0.1) is 0 Å². The minimum Gasteiger partial charge on any atom is -0.508 e. The number of hydrogen-bond donors (Lipinski definition) is 2. The van der Waals surface area contributed by atoms with E-state index >= 15 is 0 Å². The predicted octanol–water partition coefficient (Wildman–Crippen LogP) is 2.77. The second-order valence-corrected chi connectivity index (χ2v) is 4.80. The van der Waals surface area contributed by atoms with E-state index in [9.17, 15) is 15.0 Å². The summed E-state index contributed by atoms with van der Waals surface area (Å²) in [5, 5.41) is 18.9. The van der Waals surface area contributed by atoms with Gasteiger partial charge in [0.2, 0.25) is 0 Å². The van der Waals surface area contributed by atoms with E-state index in [0.717, 1.165) is 11.6 Å². The molecule has 0 atom stereocenters. The number of fused-ring (bicyclic) bond motifs is 1. The zero-order chi connectivity index (χ0) is 15.5. The Hall–Kier alpha value is -2.95. The van der Waals surface area contributed by atoms with Crippen LogP contribution in [0.1, 0.15) is 15.9 Å².